The topological polar surface area (TPSA) is 136 Å². The van der Waals surface area contributed by atoms with Gasteiger partial charge in [0.25, 0.3) is 0 Å². The molecular weight excluding hydrogens is 679 g/mol. The number of fused-ring (bicyclic) bond motifs is 1. The summed E-state index contributed by atoms with van der Waals surface area (Å²) in [5, 5.41) is 6.21. The number of benzene rings is 4. The Labute approximate surface area is 314 Å². The second kappa shape index (κ2) is 16.3. The van der Waals surface area contributed by atoms with E-state index in [0.29, 0.717) is 61.2 Å². The minimum absolute atomic E-state index is 0.0642. The number of hydrogen-bond donors (Lipinski definition) is 3. The molecular formula is C43H45N7O4. The first kappa shape index (κ1) is 36.3. The van der Waals surface area contributed by atoms with E-state index < -0.39 is 12.1 Å². The van der Waals surface area contributed by atoms with Crippen molar-refractivity contribution in [2.45, 2.75) is 58.2 Å². The summed E-state index contributed by atoms with van der Waals surface area (Å²) >= 11 is 0. The fourth-order valence-electron chi connectivity index (χ4n) is 7.11. The van der Waals surface area contributed by atoms with Crippen LogP contribution in [-0.2, 0) is 27.3 Å². The van der Waals surface area contributed by atoms with Crippen LogP contribution in [0.2, 0.25) is 0 Å². The van der Waals surface area contributed by atoms with Crippen molar-refractivity contribution < 1.29 is 18.8 Å². The lowest BCUT2D eigenvalue weighted by molar-refractivity contribution is -0.138. The van der Waals surface area contributed by atoms with E-state index in [1.54, 1.807) is 18.1 Å². The van der Waals surface area contributed by atoms with Crippen molar-refractivity contribution in [3.05, 3.63) is 126 Å². The molecule has 54 heavy (non-hydrogen) atoms. The monoisotopic (exact) mass is 723 g/mol. The van der Waals surface area contributed by atoms with Gasteiger partial charge in [-0.25, -0.2) is 9.97 Å². The number of aromatic nitrogens is 3. The molecule has 7 rings (SSSR count). The predicted octanol–water partition coefficient (Wildman–Crippen LogP) is 7.06. The van der Waals surface area contributed by atoms with Gasteiger partial charge in [0.05, 0.1) is 30.2 Å². The third-order valence-electron chi connectivity index (χ3n) is 9.96. The Morgan fingerprint density at radius 3 is 2.50 bits per heavy atom. The maximum absolute atomic E-state index is 13.7. The summed E-state index contributed by atoms with van der Waals surface area (Å²) in [4.78, 5) is 56.8. The van der Waals surface area contributed by atoms with Crippen molar-refractivity contribution in [1.29, 1.82) is 0 Å². The number of likely N-dealkylation sites (N-methyl/N-ethyl adjacent to an activating group) is 1. The van der Waals surface area contributed by atoms with Gasteiger partial charge in [0, 0.05) is 29.9 Å². The Morgan fingerprint density at radius 2 is 1.74 bits per heavy atom. The number of imidazole rings is 1. The zero-order chi connectivity index (χ0) is 37.6. The Morgan fingerprint density at radius 1 is 0.981 bits per heavy atom. The Balaban J connectivity index is 1.04. The number of aromatic amines is 1. The summed E-state index contributed by atoms with van der Waals surface area (Å²) in [6.45, 7) is 5.55. The third-order valence-corrected chi connectivity index (χ3v) is 9.96. The quantitative estimate of drug-likeness (QED) is 0.116. The maximum Gasteiger partial charge on any atom is 0.247 e. The maximum atomic E-state index is 13.7. The first-order chi connectivity index (χ1) is 26.3. The van der Waals surface area contributed by atoms with E-state index in [2.05, 4.69) is 27.5 Å². The van der Waals surface area contributed by atoms with Crippen LogP contribution < -0.4 is 10.6 Å². The molecule has 0 radical (unpaired) electrons. The summed E-state index contributed by atoms with van der Waals surface area (Å²) in [5.74, 6) is 1.44. The van der Waals surface area contributed by atoms with Gasteiger partial charge < -0.3 is 29.8 Å². The average Bonchev–Trinajstić information content (AvgIpc) is 3.97. The molecule has 1 fully saturated rings. The van der Waals surface area contributed by atoms with Gasteiger partial charge >= 0.3 is 0 Å². The van der Waals surface area contributed by atoms with Crippen LogP contribution in [0.3, 0.4) is 0 Å². The number of amides is 3. The first-order valence-corrected chi connectivity index (χ1v) is 18.5. The lowest BCUT2D eigenvalue weighted by atomic mass is 10.0. The summed E-state index contributed by atoms with van der Waals surface area (Å²) < 4.78 is 6.25. The van der Waals surface area contributed by atoms with Crippen LogP contribution in [0.1, 0.15) is 54.7 Å². The number of carbonyl (C=O) groups is 3. The number of nitrogens with zero attached hydrogens (tertiary/aromatic N) is 4. The second-order valence-electron chi connectivity index (χ2n) is 13.8. The molecule has 276 valence electrons. The SMILES string of the molecule is CCCN(Cc1nc2ccc(-c3cnc(-c4ccc(C)c(NC(=O)[C@@H]5CCCN5C(=O)[C@H](NC)c5ccccc5)c4)o3)cc2[nH]1)C(=O)Cc1ccccc1. The molecule has 0 spiro atoms. The van der Waals surface area contributed by atoms with Gasteiger partial charge in [-0.1, -0.05) is 73.7 Å². The summed E-state index contributed by atoms with van der Waals surface area (Å²) in [6, 6.07) is 29.8. The van der Waals surface area contributed by atoms with E-state index in [1.807, 2.05) is 109 Å². The van der Waals surface area contributed by atoms with Crippen molar-refractivity contribution in [2.24, 2.45) is 0 Å². The van der Waals surface area contributed by atoms with Gasteiger partial charge in [-0.15, -0.1) is 0 Å². The average molecular weight is 724 g/mol. The van der Waals surface area contributed by atoms with E-state index in [-0.39, 0.29) is 17.7 Å². The fourth-order valence-corrected chi connectivity index (χ4v) is 7.11. The summed E-state index contributed by atoms with van der Waals surface area (Å²) in [5.41, 5.74) is 6.52. The molecule has 3 heterocycles. The molecule has 11 heteroatoms. The predicted molar refractivity (Wildman–Crippen MR) is 209 cm³/mol. The van der Waals surface area contributed by atoms with E-state index in [0.717, 1.165) is 46.1 Å². The van der Waals surface area contributed by atoms with E-state index in [1.165, 1.54) is 0 Å². The Bertz CT molecular complexity index is 2250. The van der Waals surface area contributed by atoms with Crippen LogP contribution in [0.5, 0.6) is 0 Å². The Hall–Kier alpha value is -6.07. The molecule has 2 atom stereocenters. The van der Waals surface area contributed by atoms with Gasteiger partial charge in [-0.3, -0.25) is 14.4 Å². The molecule has 11 nitrogen and oxygen atoms in total. The minimum atomic E-state index is -0.573. The van der Waals surface area contributed by atoms with Gasteiger partial charge in [0.2, 0.25) is 23.6 Å². The van der Waals surface area contributed by atoms with Gasteiger partial charge in [-0.2, -0.15) is 0 Å². The highest BCUT2D eigenvalue weighted by Gasteiger charge is 2.37. The van der Waals surface area contributed by atoms with E-state index in [9.17, 15) is 14.4 Å². The second-order valence-corrected chi connectivity index (χ2v) is 13.8. The first-order valence-electron chi connectivity index (χ1n) is 18.5. The van der Waals surface area contributed by atoms with Crippen molar-refractivity contribution in [3.8, 4) is 22.8 Å². The van der Waals surface area contributed by atoms with E-state index in [4.69, 9.17) is 9.40 Å². The molecule has 0 unspecified atom stereocenters. The van der Waals surface area contributed by atoms with Crippen molar-refractivity contribution in [3.63, 3.8) is 0 Å². The molecule has 0 saturated carbocycles. The number of anilines is 1. The smallest absolute Gasteiger partial charge is 0.247 e. The Kier molecular flexibility index (Phi) is 11.0. The van der Waals surface area contributed by atoms with Crippen LogP contribution in [0.25, 0.3) is 33.8 Å². The molecule has 1 aliphatic rings. The third kappa shape index (κ3) is 7.96. The summed E-state index contributed by atoms with van der Waals surface area (Å²) in [6.07, 6.45) is 4.23. The van der Waals surface area contributed by atoms with Crippen molar-refractivity contribution >= 4 is 34.4 Å². The minimum Gasteiger partial charge on any atom is -0.436 e. The molecule has 3 N–H and O–H groups in total. The molecule has 0 bridgehead atoms. The highest BCUT2D eigenvalue weighted by molar-refractivity contribution is 5.99. The number of hydrogen-bond acceptors (Lipinski definition) is 7. The fraction of sp³-hybridized carbons (Fsp3) is 0.279. The number of nitrogens with one attached hydrogen (secondary N) is 3. The van der Waals surface area contributed by atoms with Crippen LogP contribution in [0, 0.1) is 6.92 Å². The van der Waals surface area contributed by atoms with Crippen LogP contribution in [-0.4, -0.2) is 68.7 Å². The number of H-pyrrole nitrogens is 1. The van der Waals surface area contributed by atoms with Crippen LogP contribution >= 0.6 is 0 Å². The zero-order valence-electron chi connectivity index (χ0n) is 30.8. The highest BCUT2D eigenvalue weighted by Crippen LogP contribution is 2.31. The number of oxazole rings is 1. The van der Waals surface area contributed by atoms with Gasteiger partial charge in [-0.05, 0) is 80.3 Å². The highest BCUT2D eigenvalue weighted by atomic mass is 16.4. The largest absolute Gasteiger partial charge is 0.436 e. The molecule has 0 aliphatic carbocycles. The summed E-state index contributed by atoms with van der Waals surface area (Å²) in [7, 11) is 1.76. The normalized spacial score (nSPS) is 14.6. The molecule has 1 saturated heterocycles. The lowest BCUT2D eigenvalue weighted by Gasteiger charge is -2.28. The van der Waals surface area contributed by atoms with E-state index >= 15 is 0 Å². The molecule has 6 aromatic rings. The molecule has 4 aromatic carbocycles. The van der Waals surface area contributed by atoms with Gasteiger partial charge in [0.15, 0.2) is 5.76 Å². The van der Waals surface area contributed by atoms with Crippen LogP contribution in [0.15, 0.2) is 108 Å². The lowest BCUT2D eigenvalue weighted by Crippen LogP contribution is -2.47. The molecule has 2 aromatic heterocycles. The number of rotatable bonds is 13. The standard InChI is InChI=1S/C43H45N7O4/c1-4-21-49(39(51)23-29-12-7-5-8-13-29)27-38-46-33-20-19-31(24-35(33)47-38)37-26-45-42(54-37)32-18-17-28(2)34(25-32)48-41(52)36-16-11-22-50(36)43(53)40(44-3)30-14-9-6-10-15-30/h5-10,12-15,17-20,24-26,36,40,44H,4,11,16,21-23,27H2,1-3H3,(H,46,47)(H,48,52)/t36-,40+/m0/s1. The zero-order valence-corrected chi connectivity index (χ0v) is 30.8. The van der Waals surface area contributed by atoms with Crippen LogP contribution in [0.4, 0.5) is 5.69 Å². The number of carbonyl (C=O) groups excluding carboxylic acids is 3. The number of aryl methyl sites for hydroxylation is 1. The van der Waals surface area contributed by atoms with Crippen molar-refractivity contribution in [1.82, 2.24) is 30.1 Å². The number of likely N-dealkylation sites (tertiary alicyclic amines) is 1. The van der Waals surface area contributed by atoms with Gasteiger partial charge in [0.1, 0.15) is 17.9 Å². The van der Waals surface area contributed by atoms with Crippen molar-refractivity contribution in [2.75, 3.05) is 25.5 Å². The molecule has 3 amide bonds. The molecule has 1 aliphatic heterocycles.